The highest BCUT2D eigenvalue weighted by atomic mass is 28.4. The summed E-state index contributed by atoms with van der Waals surface area (Å²) in [7, 11) is -3.57. The van der Waals surface area contributed by atoms with Crippen molar-refractivity contribution in [1.29, 1.82) is 0 Å². The highest BCUT2D eigenvalue weighted by Crippen LogP contribution is 2.25. The molecule has 0 spiro atoms. The van der Waals surface area contributed by atoms with E-state index in [1.54, 1.807) is 60.7 Å². The first-order valence-corrected chi connectivity index (χ1v) is 10.8. The number of unbranched alkanes of at least 4 members (excludes halogenated alkanes) is 2. The van der Waals surface area contributed by atoms with Crippen LogP contribution in [0.4, 0.5) is 17.6 Å². The lowest BCUT2D eigenvalue weighted by Crippen LogP contribution is -2.64. The van der Waals surface area contributed by atoms with Gasteiger partial charge in [0, 0.05) is 6.61 Å². The summed E-state index contributed by atoms with van der Waals surface area (Å²) >= 11 is 0. The summed E-state index contributed by atoms with van der Waals surface area (Å²) in [6.45, 7) is 0.956. The van der Waals surface area contributed by atoms with Crippen LogP contribution in [0.3, 0.4) is 0 Å². The Balaban J connectivity index is 2.42. The number of alkyl halides is 4. The molecule has 0 unspecified atom stereocenters. The average molecular weight is 400 g/mol. The van der Waals surface area contributed by atoms with Gasteiger partial charge in [-0.05, 0) is 16.8 Å². The van der Waals surface area contributed by atoms with Crippen molar-refractivity contribution in [3.05, 3.63) is 60.7 Å². The maximum absolute atomic E-state index is 13.6. The molecule has 0 aromatic heterocycles. The van der Waals surface area contributed by atoms with E-state index in [2.05, 4.69) is 0 Å². The maximum atomic E-state index is 13.6. The minimum absolute atomic E-state index is 0.310. The lowest BCUT2D eigenvalue weighted by Gasteiger charge is -2.33. The van der Waals surface area contributed by atoms with Crippen molar-refractivity contribution in [2.24, 2.45) is 0 Å². The van der Waals surface area contributed by atoms with Crippen LogP contribution >= 0.6 is 0 Å². The van der Waals surface area contributed by atoms with Crippen LogP contribution < -0.4 is 10.4 Å². The summed E-state index contributed by atoms with van der Waals surface area (Å²) in [4.78, 5) is 0. The predicted molar refractivity (Wildman–Crippen MR) is 100 cm³/mol. The van der Waals surface area contributed by atoms with Gasteiger partial charge in [0.05, 0.1) is 0 Å². The molecule has 2 aromatic rings. The van der Waals surface area contributed by atoms with Crippen molar-refractivity contribution in [2.45, 2.75) is 38.5 Å². The van der Waals surface area contributed by atoms with Gasteiger partial charge in [-0.15, -0.1) is 0 Å². The Morgan fingerprint density at radius 3 is 1.81 bits per heavy atom. The van der Waals surface area contributed by atoms with Gasteiger partial charge in [0.1, 0.15) is 6.61 Å². The van der Waals surface area contributed by atoms with Crippen LogP contribution in [-0.4, -0.2) is 34.1 Å². The second kappa shape index (κ2) is 10.0. The fourth-order valence-electron chi connectivity index (χ4n) is 2.69. The quantitative estimate of drug-likeness (QED) is 0.317. The molecule has 2 rings (SSSR count). The molecule has 0 saturated heterocycles. The van der Waals surface area contributed by atoms with E-state index in [-0.39, 0.29) is 0 Å². The molecule has 0 saturated carbocycles. The Kier molecular flexibility index (Phi) is 8.01. The van der Waals surface area contributed by atoms with Crippen molar-refractivity contribution in [3.8, 4) is 0 Å². The van der Waals surface area contributed by atoms with Gasteiger partial charge in [-0.1, -0.05) is 80.4 Å². The lowest BCUT2D eigenvalue weighted by molar-refractivity contribution is -0.151. The molecule has 27 heavy (non-hydrogen) atoms. The first-order valence-electron chi connectivity index (χ1n) is 8.97. The molecule has 7 heteroatoms. The van der Waals surface area contributed by atoms with Gasteiger partial charge in [0.15, 0.2) is 0 Å². The Morgan fingerprint density at radius 1 is 0.852 bits per heavy atom. The van der Waals surface area contributed by atoms with Crippen molar-refractivity contribution < 1.29 is 26.4 Å². The molecule has 0 atom stereocenters. The summed E-state index contributed by atoms with van der Waals surface area (Å²) in [5, 5.41) is 1.22. The predicted octanol–water partition coefficient (Wildman–Crippen LogP) is 4.37. The molecule has 0 radical (unpaired) electrons. The second-order valence-corrected chi connectivity index (χ2v) is 9.22. The van der Waals surface area contributed by atoms with Crippen LogP contribution in [0.2, 0.25) is 0 Å². The smallest absolute Gasteiger partial charge is 0.388 e. The third-order valence-corrected chi connectivity index (χ3v) is 7.50. The minimum Gasteiger partial charge on any atom is -0.388 e. The zero-order valence-corrected chi connectivity index (χ0v) is 16.2. The molecular formula is C20H24F4O2Si. The fourth-order valence-corrected chi connectivity index (χ4v) is 5.86. The molecule has 148 valence electrons. The molecule has 2 nitrogen and oxygen atoms in total. The molecule has 0 fully saturated rings. The highest BCUT2D eigenvalue weighted by Gasteiger charge is 2.48. The first kappa shape index (κ1) is 21.6. The summed E-state index contributed by atoms with van der Waals surface area (Å²) in [6, 6.07) is 17.5. The number of benzene rings is 2. The van der Waals surface area contributed by atoms with Gasteiger partial charge >= 0.3 is 20.9 Å². The Labute approximate surface area is 158 Å². The number of hydrogen-bond acceptors (Lipinski definition) is 2. The van der Waals surface area contributed by atoms with Gasteiger partial charge in [-0.2, -0.15) is 8.78 Å². The standard InChI is InChI=1S/C20H24F4O2Si/c1-2-3-10-15-25-27(17-11-6-4-7-12-17,18-13-8-5-9-14-18)26-16-20(23,24)19(21)22/h4-9,11-14,19H,2-3,10,15-16H2,1H3. The molecule has 2 aromatic carbocycles. The molecule has 0 aliphatic heterocycles. The fraction of sp³-hybridized carbons (Fsp3) is 0.400. The first-order chi connectivity index (χ1) is 12.9. The van der Waals surface area contributed by atoms with Crippen molar-refractivity contribution in [2.75, 3.05) is 13.2 Å². The van der Waals surface area contributed by atoms with Gasteiger partial charge < -0.3 is 8.85 Å². The van der Waals surface area contributed by atoms with E-state index in [1.807, 2.05) is 6.92 Å². The third kappa shape index (κ3) is 5.64. The van der Waals surface area contributed by atoms with Crippen LogP contribution in [0, 0.1) is 0 Å². The molecule has 0 amide bonds. The zero-order valence-electron chi connectivity index (χ0n) is 15.2. The summed E-state index contributed by atoms with van der Waals surface area (Å²) < 4.78 is 64.4. The largest absolute Gasteiger partial charge is 0.407 e. The lowest BCUT2D eigenvalue weighted by atomic mass is 10.3. The summed E-state index contributed by atoms with van der Waals surface area (Å²) in [5.41, 5.74) is 0. The van der Waals surface area contributed by atoms with Crippen LogP contribution in [0.25, 0.3) is 0 Å². The SMILES string of the molecule is CCCCCO[Si](OCC(F)(F)C(F)F)(c1ccccc1)c1ccccc1. The van der Waals surface area contributed by atoms with E-state index in [9.17, 15) is 17.6 Å². The van der Waals surface area contributed by atoms with E-state index >= 15 is 0 Å². The molecule has 0 aliphatic carbocycles. The van der Waals surface area contributed by atoms with Gasteiger partial charge in [-0.3, -0.25) is 0 Å². The summed E-state index contributed by atoms with van der Waals surface area (Å²) in [5.74, 6) is -4.24. The average Bonchev–Trinajstić information content (AvgIpc) is 2.69. The van der Waals surface area contributed by atoms with Crippen molar-refractivity contribution >= 4 is 18.9 Å². The Bertz CT molecular complexity index is 629. The molecule has 0 bridgehead atoms. The second-order valence-electron chi connectivity index (χ2n) is 6.25. The van der Waals surface area contributed by atoms with Crippen molar-refractivity contribution in [3.63, 3.8) is 0 Å². The number of hydrogen-bond donors (Lipinski definition) is 0. The zero-order chi connectivity index (χ0) is 19.8. The Morgan fingerprint density at radius 2 is 1.37 bits per heavy atom. The normalized spacial score (nSPS) is 12.5. The van der Waals surface area contributed by atoms with E-state index in [1.165, 1.54) is 0 Å². The summed E-state index contributed by atoms with van der Waals surface area (Å²) in [6.07, 6.45) is -1.17. The third-order valence-electron chi connectivity index (χ3n) is 4.15. The van der Waals surface area contributed by atoms with Gasteiger partial charge in [0.2, 0.25) is 0 Å². The van der Waals surface area contributed by atoms with Crippen LogP contribution in [0.1, 0.15) is 26.2 Å². The topological polar surface area (TPSA) is 18.5 Å². The van der Waals surface area contributed by atoms with Crippen LogP contribution in [0.15, 0.2) is 60.7 Å². The molecule has 0 N–H and O–H groups in total. The van der Waals surface area contributed by atoms with E-state index in [0.29, 0.717) is 17.0 Å². The minimum atomic E-state index is -4.24. The van der Waals surface area contributed by atoms with Crippen molar-refractivity contribution in [1.82, 2.24) is 0 Å². The van der Waals surface area contributed by atoms with E-state index in [0.717, 1.165) is 19.3 Å². The Hall–Kier alpha value is -1.70. The van der Waals surface area contributed by atoms with Crippen LogP contribution in [-0.2, 0) is 8.85 Å². The molecule has 0 heterocycles. The monoisotopic (exact) mass is 400 g/mol. The highest BCUT2D eigenvalue weighted by molar-refractivity contribution is 6.92. The maximum Gasteiger partial charge on any atom is 0.407 e. The van der Waals surface area contributed by atoms with Gasteiger partial charge in [-0.25, -0.2) is 8.78 Å². The number of rotatable bonds is 11. The number of halogens is 4. The van der Waals surface area contributed by atoms with Gasteiger partial charge in [0.25, 0.3) is 0 Å². The van der Waals surface area contributed by atoms with E-state index < -0.39 is 27.5 Å². The molecular weight excluding hydrogens is 376 g/mol. The van der Waals surface area contributed by atoms with E-state index in [4.69, 9.17) is 8.85 Å². The van der Waals surface area contributed by atoms with Crippen LogP contribution in [0.5, 0.6) is 0 Å². The molecule has 0 aliphatic rings.